The van der Waals surface area contributed by atoms with E-state index in [9.17, 15) is 9.59 Å². The van der Waals surface area contributed by atoms with Crippen molar-refractivity contribution in [2.45, 2.75) is 70.3 Å². The third kappa shape index (κ3) is 3.57. The molecule has 2 aliphatic rings. The molecule has 1 atom stereocenters. The van der Waals surface area contributed by atoms with Gasteiger partial charge in [-0.3, -0.25) is 14.7 Å². The number of H-pyrrole nitrogens is 1. The number of amides is 2. The summed E-state index contributed by atoms with van der Waals surface area (Å²) in [5, 5.41) is 10.2. The first-order valence-corrected chi connectivity index (χ1v) is 8.84. The monoisotopic (exact) mass is 318 g/mol. The van der Waals surface area contributed by atoms with E-state index in [1.807, 2.05) is 13.0 Å². The van der Waals surface area contributed by atoms with Crippen LogP contribution in [0.2, 0.25) is 0 Å². The smallest absolute Gasteiger partial charge is 0.248 e. The second-order valence-corrected chi connectivity index (χ2v) is 6.65. The van der Waals surface area contributed by atoms with E-state index in [4.69, 9.17) is 0 Å². The fourth-order valence-electron chi connectivity index (χ4n) is 3.78. The SMILES string of the molecule is CCC(C(=O)Nc1cc(C2CCCCC2)[nH]n1)N1CCCC1=O. The van der Waals surface area contributed by atoms with Crippen LogP contribution in [0.15, 0.2) is 6.07 Å². The molecule has 6 nitrogen and oxygen atoms in total. The van der Waals surface area contributed by atoms with E-state index in [1.54, 1.807) is 4.90 Å². The fraction of sp³-hybridized carbons (Fsp3) is 0.706. The summed E-state index contributed by atoms with van der Waals surface area (Å²) in [5.74, 6) is 1.05. The van der Waals surface area contributed by atoms with E-state index in [0.717, 1.165) is 12.1 Å². The van der Waals surface area contributed by atoms with Gasteiger partial charge < -0.3 is 10.2 Å². The molecular weight excluding hydrogens is 292 g/mol. The molecule has 0 radical (unpaired) electrons. The summed E-state index contributed by atoms with van der Waals surface area (Å²) in [5.41, 5.74) is 1.12. The maximum absolute atomic E-state index is 12.5. The van der Waals surface area contributed by atoms with E-state index in [2.05, 4.69) is 15.5 Å². The zero-order valence-corrected chi connectivity index (χ0v) is 13.8. The van der Waals surface area contributed by atoms with Crippen molar-refractivity contribution in [3.63, 3.8) is 0 Å². The number of aromatic nitrogens is 2. The van der Waals surface area contributed by atoms with Crippen LogP contribution in [0.25, 0.3) is 0 Å². The zero-order chi connectivity index (χ0) is 16.2. The molecule has 3 rings (SSSR count). The van der Waals surface area contributed by atoms with Crippen LogP contribution in [0.5, 0.6) is 0 Å². The van der Waals surface area contributed by atoms with Gasteiger partial charge in [0.25, 0.3) is 0 Å². The van der Waals surface area contributed by atoms with E-state index in [1.165, 1.54) is 32.1 Å². The van der Waals surface area contributed by atoms with Gasteiger partial charge in [0.2, 0.25) is 11.8 Å². The molecule has 1 aliphatic carbocycles. The summed E-state index contributed by atoms with van der Waals surface area (Å²) in [4.78, 5) is 26.1. The Morgan fingerprint density at radius 1 is 1.39 bits per heavy atom. The molecule has 2 fully saturated rings. The second kappa shape index (κ2) is 7.15. The fourth-order valence-corrected chi connectivity index (χ4v) is 3.78. The van der Waals surface area contributed by atoms with Gasteiger partial charge >= 0.3 is 0 Å². The molecule has 0 aromatic carbocycles. The molecule has 0 spiro atoms. The highest BCUT2D eigenvalue weighted by Gasteiger charge is 2.31. The first-order valence-electron chi connectivity index (χ1n) is 8.84. The van der Waals surface area contributed by atoms with Crippen molar-refractivity contribution in [2.24, 2.45) is 0 Å². The third-order valence-corrected chi connectivity index (χ3v) is 5.07. The minimum atomic E-state index is -0.389. The topological polar surface area (TPSA) is 78.1 Å². The van der Waals surface area contributed by atoms with Gasteiger partial charge in [-0.25, -0.2) is 0 Å². The van der Waals surface area contributed by atoms with Crippen molar-refractivity contribution >= 4 is 17.6 Å². The second-order valence-electron chi connectivity index (χ2n) is 6.65. The Morgan fingerprint density at radius 3 is 2.83 bits per heavy atom. The lowest BCUT2D eigenvalue weighted by Gasteiger charge is -2.25. The van der Waals surface area contributed by atoms with Crippen molar-refractivity contribution in [1.82, 2.24) is 15.1 Å². The minimum Gasteiger partial charge on any atom is -0.331 e. The predicted molar refractivity (Wildman–Crippen MR) is 88.1 cm³/mol. The van der Waals surface area contributed by atoms with Crippen LogP contribution in [0.1, 0.15) is 69.9 Å². The normalized spacial score (nSPS) is 20.7. The van der Waals surface area contributed by atoms with E-state index in [-0.39, 0.29) is 17.9 Å². The molecule has 2 N–H and O–H groups in total. The third-order valence-electron chi connectivity index (χ3n) is 5.07. The number of aromatic amines is 1. The summed E-state index contributed by atoms with van der Waals surface area (Å²) >= 11 is 0. The van der Waals surface area contributed by atoms with E-state index in [0.29, 0.717) is 31.1 Å². The van der Waals surface area contributed by atoms with Crippen molar-refractivity contribution in [3.8, 4) is 0 Å². The van der Waals surface area contributed by atoms with Crippen LogP contribution in [-0.4, -0.2) is 39.5 Å². The lowest BCUT2D eigenvalue weighted by molar-refractivity contribution is -0.135. The van der Waals surface area contributed by atoms with Gasteiger partial charge in [-0.05, 0) is 25.7 Å². The number of nitrogens with zero attached hydrogens (tertiary/aromatic N) is 2. The highest BCUT2D eigenvalue weighted by Crippen LogP contribution is 2.32. The molecule has 0 bridgehead atoms. The van der Waals surface area contributed by atoms with Gasteiger partial charge in [0.15, 0.2) is 5.82 Å². The number of carbonyl (C=O) groups excluding carboxylic acids is 2. The molecule has 1 saturated heterocycles. The Balaban J connectivity index is 1.62. The molecule has 2 heterocycles. The molecule has 23 heavy (non-hydrogen) atoms. The summed E-state index contributed by atoms with van der Waals surface area (Å²) < 4.78 is 0. The quantitative estimate of drug-likeness (QED) is 0.876. The molecule has 2 amide bonds. The van der Waals surface area contributed by atoms with Gasteiger partial charge in [0.05, 0.1) is 0 Å². The van der Waals surface area contributed by atoms with Crippen LogP contribution in [0.4, 0.5) is 5.82 Å². The van der Waals surface area contributed by atoms with Crippen molar-refractivity contribution < 1.29 is 9.59 Å². The summed E-state index contributed by atoms with van der Waals surface area (Å²) in [7, 11) is 0. The predicted octanol–water partition coefficient (Wildman–Crippen LogP) is 2.80. The molecule has 1 aliphatic heterocycles. The highest BCUT2D eigenvalue weighted by atomic mass is 16.2. The van der Waals surface area contributed by atoms with Gasteiger partial charge in [0, 0.05) is 30.6 Å². The lowest BCUT2D eigenvalue weighted by atomic mass is 9.87. The molecular formula is C17H26N4O2. The first kappa shape index (κ1) is 16.0. The number of nitrogens with one attached hydrogen (secondary N) is 2. The Morgan fingerprint density at radius 2 is 2.17 bits per heavy atom. The Hall–Kier alpha value is -1.85. The summed E-state index contributed by atoms with van der Waals surface area (Å²) in [6.07, 6.45) is 8.24. The molecule has 1 unspecified atom stereocenters. The molecule has 1 saturated carbocycles. The van der Waals surface area contributed by atoms with Crippen LogP contribution < -0.4 is 5.32 Å². The molecule has 1 aromatic rings. The standard InChI is InChI=1S/C17H26N4O2/c1-2-14(21-10-6-9-16(21)22)17(23)18-15-11-13(19-20-15)12-7-4-3-5-8-12/h11-12,14H,2-10H2,1H3,(H2,18,19,20,23). The van der Waals surface area contributed by atoms with Gasteiger partial charge in [0.1, 0.15) is 6.04 Å². The van der Waals surface area contributed by atoms with Crippen molar-refractivity contribution in [2.75, 3.05) is 11.9 Å². The van der Waals surface area contributed by atoms with E-state index < -0.39 is 0 Å². The number of hydrogen-bond acceptors (Lipinski definition) is 3. The maximum atomic E-state index is 12.5. The zero-order valence-electron chi connectivity index (χ0n) is 13.8. The van der Waals surface area contributed by atoms with Crippen LogP contribution in [-0.2, 0) is 9.59 Å². The number of carbonyl (C=O) groups is 2. The summed E-state index contributed by atoms with van der Waals surface area (Å²) in [6.45, 7) is 2.62. The Bertz CT molecular complexity index is 563. The average Bonchev–Trinajstić information content (AvgIpc) is 3.19. The summed E-state index contributed by atoms with van der Waals surface area (Å²) in [6, 6.07) is 1.56. The molecule has 6 heteroatoms. The van der Waals surface area contributed by atoms with E-state index >= 15 is 0 Å². The van der Waals surface area contributed by atoms with Gasteiger partial charge in [-0.2, -0.15) is 5.10 Å². The molecule has 126 valence electrons. The van der Waals surface area contributed by atoms with Gasteiger partial charge in [-0.15, -0.1) is 0 Å². The number of likely N-dealkylation sites (tertiary alicyclic amines) is 1. The average molecular weight is 318 g/mol. The Labute approximate surface area is 137 Å². The molecule has 1 aromatic heterocycles. The number of anilines is 1. The highest BCUT2D eigenvalue weighted by molar-refractivity contribution is 5.96. The van der Waals surface area contributed by atoms with Crippen LogP contribution >= 0.6 is 0 Å². The van der Waals surface area contributed by atoms with Crippen molar-refractivity contribution in [3.05, 3.63) is 11.8 Å². The lowest BCUT2D eigenvalue weighted by Crippen LogP contribution is -2.44. The maximum Gasteiger partial charge on any atom is 0.248 e. The van der Waals surface area contributed by atoms with Crippen LogP contribution in [0, 0.1) is 0 Å². The minimum absolute atomic E-state index is 0.0805. The Kier molecular flexibility index (Phi) is 4.98. The number of rotatable bonds is 5. The van der Waals surface area contributed by atoms with Gasteiger partial charge in [-0.1, -0.05) is 26.2 Å². The largest absolute Gasteiger partial charge is 0.331 e. The first-order chi connectivity index (χ1) is 11.2. The van der Waals surface area contributed by atoms with Crippen LogP contribution in [0.3, 0.4) is 0 Å². The van der Waals surface area contributed by atoms with Crippen molar-refractivity contribution in [1.29, 1.82) is 0 Å². The number of hydrogen-bond donors (Lipinski definition) is 2.